The number of ketones is 1. The zero-order valence-corrected chi connectivity index (χ0v) is 17.3. The first-order valence-electron chi connectivity index (χ1n) is 8.93. The lowest BCUT2D eigenvalue weighted by Gasteiger charge is -2.18. The van der Waals surface area contributed by atoms with Gasteiger partial charge in [-0.05, 0) is 46.9 Å². The smallest absolute Gasteiger partial charge is 0.193 e. The van der Waals surface area contributed by atoms with Gasteiger partial charge < -0.3 is 0 Å². The van der Waals surface area contributed by atoms with Gasteiger partial charge in [0.25, 0.3) is 0 Å². The monoisotopic (exact) mass is 384 g/mol. The Balaban J connectivity index is 1.64. The van der Waals surface area contributed by atoms with Gasteiger partial charge in [0.1, 0.15) is 0 Å². The summed E-state index contributed by atoms with van der Waals surface area (Å²) in [6.45, 7) is 8.90. The molecule has 0 bridgehead atoms. The van der Waals surface area contributed by atoms with E-state index in [0.717, 1.165) is 11.4 Å². The lowest BCUT2D eigenvalue weighted by Crippen LogP contribution is -2.02. The van der Waals surface area contributed by atoms with Gasteiger partial charge in [0, 0.05) is 32.0 Å². The number of fused-ring (bicyclic) bond motifs is 2. The second-order valence-corrected chi connectivity index (χ2v) is 12.3. The highest BCUT2D eigenvalue weighted by molar-refractivity contribution is 8.29. The molecule has 4 rings (SSSR count). The van der Waals surface area contributed by atoms with E-state index in [1.165, 1.54) is 9.79 Å². The topological polar surface area (TPSA) is 41.8 Å². The molecule has 5 heteroatoms. The molecule has 2 aromatic rings. The van der Waals surface area contributed by atoms with Crippen LogP contribution in [0.1, 0.15) is 43.6 Å². The third kappa shape index (κ3) is 2.93. The molecule has 0 saturated carbocycles. The van der Waals surface area contributed by atoms with Crippen LogP contribution >= 0.6 is 21.8 Å². The Morgan fingerprint density at radius 2 is 1.19 bits per heavy atom. The number of rotatable bonds is 4. The molecule has 136 valence electrons. The van der Waals surface area contributed by atoms with Gasteiger partial charge >= 0.3 is 0 Å². The van der Waals surface area contributed by atoms with E-state index in [2.05, 4.69) is 60.9 Å². The van der Waals surface area contributed by atoms with E-state index in [-0.39, 0.29) is 27.6 Å². The average molecular weight is 385 g/mol. The minimum atomic E-state index is -0.341. The first-order chi connectivity index (χ1) is 12.5. The van der Waals surface area contributed by atoms with E-state index in [4.69, 9.17) is 0 Å². The van der Waals surface area contributed by atoms with Gasteiger partial charge in [-0.3, -0.25) is 14.8 Å². The van der Waals surface area contributed by atoms with E-state index in [9.17, 15) is 4.79 Å². The summed E-state index contributed by atoms with van der Waals surface area (Å²) in [6, 6.07) is 12.0. The van der Waals surface area contributed by atoms with Crippen molar-refractivity contribution in [3.8, 4) is 0 Å². The van der Waals surface area contributed by atoms with Crippen LogP contribution in [0, 0.1) is 0 Å². The number of aliphatic imine (C=N–C) groups is 2. The molecule has 0 N–H and O–H groups in total. The molecule has 26 heavy (non-hydrogen) atoms. The van der Waals surface area contributed by atoms with Crippen molar-refractivity contribution < 1.29 is 4.79 Å². The van der Waals surface area contributed by atoms with Crippen LogP contribution in [0.2, 0.25) is 0 Å². The normalized spacial score (nSPS) is 22.8. The Morgan fingerprint density at radius 3 is 1.58 bits per heavy atom. The number of hydrogen-bond acceptors (Lipinski definition) is 3. The summed E-state index contributed by atoms with van der Waals surface area (Å²) in [5, 5.41) is 1.14. The highest BCUT2D eigenvalue weighted by Crippen LogP contribution is 2.50. The second-order valence-electron chi connectivity index (χ2n) is 7.23. The molecule has 2 heterocycles. The predicted molar refractivity (Wildman–Crippen MR) is 117 cm³/mol. The fourth-order valence-corrected chi connectivity index (χ4v) is 7.00. The molecular weight excluding hydrogens is 360 g/mol. The lowest BCUT2D eigenvalue weighted by atomic mass is 10.0. The molecule has 0 aromatic heterocycles. The largest absolute Gasteiger partial charge is 0.289 e. The van der Waals surface area contributed by atoms with E-state index < -0.39 is 0 Å². The van der Waals surface area contributed by atoms with Crippen molar-refractivity contribution in [2.45, 2.75) is 48.0 Å². The predicted octanol–water partition coefficient (Wildman–Crippen LogP) is 5.80. The number of thiol groups is 2. The third-order valence-corrected chi connectivity index (χ3v) is 9.61. The van der Waals surface area contributed by atoms with Crippen molar-refractivity contribution >= 4 is 50.0 Å². The van der Waals surface area contributed by atoms with E-state index in [1.807, 2.05) is 24.3 Å². The van der Waals surface area contributed by atoms with Crippen molar-refractivity contribution in [1.82, 2.24) is 0 Å². The Hall–Kier alpha value is -1.85. The summed E-state index contributed by atoms with van der Waals surface area (Å²) < 4.78 is 0. The van der Waals surface area contributed by atoms with Crippen LogP contribution in [0.5, 0.6) is 0 Å². The molecule has 0 radical (unpaired) electrons. The first-order valence-corrected chi connectivity index (χ1v) is 11.9. The number of carbonyl (C=O) groups excluding carboxylic acids is 1. The van der Waals surface area contributed by atoms with Gasteiger partial charge in [0.05, 0.1) is 11.4 Å². The number of benzene rings is 2. The van der Waals surface area contributed by atoms with Gasteiger partial charge in [0.2, 0.25) is 0 Å². The quantitative estimate of drug-likeness (QED) is 0.507. The second kappa shape index (κ2) is 6.71. The summed E-state index contributed by atoms with van der Waals surface area (Å²) in [6.07, 6.45) is 0. The molecule has 2 unspecified atom stereocenters. The van der Waals surface area contributed by atoms with Crippen LogP contribution in [0.4, 0.5) is 11.4 Å². The molecule has 0 amide bonds. The first kappa shape index (κ1) is 17.6. The number of carbonyl (C=O) groups is 1. The zero-order valence-electron chi connectivity index (χ0n) is 15.5. The average Bonchev–Trinajstić information content (AvgIpc) is 3.23. The van der Waals surface area contributed by atoms with Crippen molar-refractivity contribution in [2.24, 2.45) is 9.98 Å². The third-order valence-electron chi connectivity index (χ3n) is 4.79. The fraction of sp³-hybridized carbons (Fsp3) is 0.286. The maximum absolute atomic E-state index is 13.0. The van der Waals surface area contributed by atoms with Crippen LogP contribution < -0.4 is 0 Å². The standard InChI is InChI=1S/C21H24N2OS2/c1-13(2)25-11-22-17-9-15(5-7-19(17)25)21(24)16-6-8-20-18(10-16)23-12-26(20)14(3)4/h5-14,25-26H,1-4H3. The van der Waals surface area contributed by atoms with Gasteiger partial charge in [-0.1, -0.05) is 27.7 Å². The molecule has 2 atom stereocenters. The zero-order chi connectivity index (χ0) is 18.4. The Kier molecular flexibility index (Phi) is 4.53. The number of hydrogen-bond donors (Lipinski definition) is 2. The van der Waals surface area contributed by atoms with Crippen LogP contribution in [0.15, 0.2) is 56.2 Å². The molecule has 0 fully saturated rings. The summed E-state index contributed by atoms with van der Waals surface area (Å²) in [4.78, 5) is 24.7. The van der Waals surface area contributed by atoms with Gasteiger partial charge in [-0.2, -0.15) is 21.8 Å². The Bertz CT molecular complexity index is 872. The minimum Gasteiger partial charge on any atom is -0.289 e. The van der Waals surface area contributed by atoms with E-state index >= 15 is 0 Å². The van der Waals surface area contributed by atoms with Gasteiger partial charge in [-0.25, -0.2) is 0 Å². The SMILES string of the molecule is CC(C)[SH]1C=Nc2cc(C(=O)c3ccc4c(c3)N=C[SH]4C(C)C)ccc21. The minimum absolute atomic E-state index is 0.0440. The molecule has 0 saturated heterocycles. The highest BCUT2D eigenvalue weighted by Gasteiger charge is 2.22. The molecule has 2 aliphatic heterocycles. The lowest BCUT2D eigenvalue weighted by molar-refractivity contribution is 0.103. The Labute approximate surface area is 160 Å². The van der Waals surface area contributed by atoms with E-state index in [0.29, 0.717) is 21.6 Å². The molecule has 3 nitrogen and oxygen atoms in total. The summed E-state index contributed by atoms with van der Waals surface area (Å²) in [5.41, 5.74) is 7.45. The molecule has 0 aliphatic carbocycles. The van der Waals surface area contributed by atoms with Crippen molar-refractivity contribution in [3.05, 3.63) is 47.5 Å². The maximum atomic E-state index is 13.0. The van der Waals surface area contributed by atoms with Crippen LogP contribution in [0.3, 0.4) is 0 Å². The van der Waals surface area contributed by atoms with Crippen molar-refractivity contribution in [3.63, 3.8) is 0 Å². The molecule has 2 aliphatic rings. The number of nitrogens with zero attached hydrogens (tertiary/aromatic N) is 2. The van der Waals surface area contributed by atoms with Crippen LogP contribution in [-0.2, 0) is 0 Å². The Morgan fingerprint density at radius 1 is 0.769 bits per heavy atom. The maximum Gasteiger partial charge on any atom is 0.193 e. The molecule has 0 spiro atoms. The molecule has 2 aromatic carbocycles. The highest BCUT2D eigenvalue weighted by atomic mass is 32.2. The van der Waals surface area contributed by atoms with Crippen molar-refractivity contribution in [1.29, 1.82) is 0 Å². The van der Waals surface area contributed by atoms with Crippen LogP contribution in [-0.4, -0.2) is 27.4 Å². The van der Waals surface area contributed by atoms with Gasteiger partial charge in [-0.15, -0.1) is 0 Å². The van der Waals surface area contributed by atoms with Crippen molar-refractivity contribution in [2.75, 3.05) is 0 Å². The van der Waals surface area contributed by atoms with E-state index in [1.54, 1.807) is 0 Å². The van der Waals surface area contributed by atoms with Crippen LogP contribution in [0.25, 0.3) is 0 Å². The fourth-order valence-electron chi connectivity index (χ4n) is 3.34. The summed E-state index contributed by atoms with van der Waals surface area (Å²) in [5.74, 6) is 0.0440. The molecular formula is C21H24N2OS2. The van der Waals surface area contributed by atoms with Gasteiger partial charge in [0.15, 0.2) is 5.78 Å². The summed E-state index contributed by atoms with van der Waals surface area (Å²) >= 11 is 0. The summed E-state index contributed by atoms with van der Waals surface area (Å²) in [7, 11) is -0.682.